The monoisotopic (exact) mass is 500 g/mol. The van der Waals surface area contributed by atoms with Gasteiger partial charge in [0.2, 0.25) is 0 Å². The Bertz CT molecular complexity index is 1080. The fourth-order valence-electron chi connectivity index (χ4n) is 4.98. The zero-order valence-corrected chi connectivity index (χ0v) is 22.7. The Morgan fingerprint density at radius 3 is 2.32 bits per heavy atom. The summed E-state index contributed by atoms with van der Waals surface area (Å²) < 4.78 is 2.35. The van der Waals surface area contributed by atoms with Crippen LogP contribution in [0.3, 0.4) is 0 Å². The molecule has 1 aromatic rings. The molecule has 2 fully saturated rings. The maximum Gasteiger partial charge on any atom is 0.270 e. The number of carbonyl (C=O) groups is 1. The van der Waals surface area contributed by atoms with Gasteiger partial charge in [0.15, 0.2) is 0 Å². The first-order chi connectivity index (χ1) is 16.2. The van der Waals surface area contributed by atoms with Crippen molar-refractivity contribution in [2.75, 3.05) is 24.5 Å². The first kappa shape index (κ1) is 26.5. The number of amides is 1. The number of hydrogen-bond donors (Lipinski definition) is 0. The summed E-state index contributed by atoms with van der Waals surface area (Å²) in [5.41, 5.74) is 1.36. The normalized spacial score (nSPS) is 22.1. The van der Waals surface area contributed by atoms with Crippen LogP contribution in [0, 0.1) is 30.1 Å². The topological polar surface area (TPSA) is 69.3 Å². The molecule has 3 heterocycles. The van der Waals surface area contributed by atoms with Crippen LogP contribution in [-0.2, 0) is 11.3 Å². The zero-order chi connectivity index (χ0) is 25.0. The van der Waals surface area contributed by atoms with Crippen molar-refractivity contribution >= 4 is 46.1 Å². The van der Waals surface area contributed by atoms with E-state index in [2.05, 4.69) is 38.7 Å². The molecular weight excluding hydrogens is 464 g/mol. The van der Waals surface area contributed by atoms with Crippen LogP contribution in [0.5, 0.6) is 0 Å². The number of nitriles is 1. The van der Waals surface area contributed by atoms with Crippen LogP contribution < -0.4 is 10.5 Å². The van der Waals surface area contributed by atoms with E-state index < -0.39 is 0 Å². The molecule has 0 N–H and O–H groups in total. The maximum absolute atomic E-state index is 13.4. The van der Waals surface area contributed by atoms with Crippen molar-refractivity contribution in [2.24, 2.45) is 11.8 Å². The molecule has 6 nitrogen and oxygen atoms in total. The Kier molecular flexibility index (Phi) is 9.00. The van der Waals surface area contributed by atoms with E-state index in [0.717, 1.165) is 56.6 Å². The SMILES string of the molecule is CCCCN1C(=O)/C(=C\c2c(C)c(C#N)c(=O)n(CCCC)c2N2CC(C)CC(C)C2)SC1=S. The van der Waals surface area contributed by atoms with Crippen LogP contribution in [0.1, 0.15) is 76.5 Å². The van der Waals surface area contributed by atoms with Crippen LogP contribution in [0.15, 0.2) is 9.70 Å². The van der Waals surface area contributed by atoms with E-state index in [1.807, 2.05) is 13.0 Å². The van der Waals surface area contributed by atoms with Crippen molar-refractivity contribution in [3.05, 3.63) is 31.9 Å². The number of rotatable bonds is 8. The molecule has 0 radical (unpaired) electrons. The minimum absolute atomic E-state index is 0.0843. The van der Waals surface area contributed by atoms with E-state index in [4.69, 9.17) is 12.2 Å². The summed E-state index contributed by atoms with van der Waals surface area (Å²) in [6, 6.07) is 2.14. The molecule has 2 unspecified atom stereocenters. The van der Waals surface area contributed by atoms with Gasteiger partial charge in [-0.15, -0.1) is 0 Å². The van der Waals surface area contributed by atoms with Gasteiger partial charge in [-0.25, -0.2) is 0 Å². The molecule has 1 amide bonds. The van der Waals surface area contributed by atoms with E-state index in [-0.39, 0.29) is 17.0 Å². The standard InChI is InChI=1S/C26H36N4O2S2/c1-6-8-10-29-23(28-15-17(3)12-18(4)16-28)20(19(5)21(14-27)24(29)31)13-22-25(32)30(11-9-7-2)26(33)34-22/h13,17-18H,6-12,15-16H2,1-5H3/b22-13+. The van der Waals surface area contributed by atoms with Gasteiger partial charge in [-0.1, -0.05) is 64.5 Å². The number of thiocarbonyl (C=S) groups is 1. The lowest BCUT2D eigenvalue weighted by atomic mass is 9.91. The maximum atomic E-state index is 13.4. The van der Waals surface area contributed by atoms with Crippen LogP contribution in [0.2, 0.25) is 0 Å². The average Bonchev–Trinajstić information content (AvgIpc) is 3.05. The highest BCUT2D eigenvalue weighted by Gasteiger charge is 2.33. The minimum Gasteiger partial charge on any atom is -0.357 e. The van der Waals surface area contributed by atoms with Gasteiger partial charge in [-0.3, -0.25) is 19.1 Å². The summed E-state index contributed by atoms with van der Waals surface area (Å²) in [5, 5.41) is 9.85. The summed E-state index contributed by atoms with van der Waals surface area (Å²) in [6.45, 7) is 13.4. The number of unbranched alkanes of at least 4 members (excludes halogenated alkanes) is 2. The number of thioether (sulfide) groups is 1. The molecule has 0 aliphatic carbocycles. The first-order valence-corrected chi connectivity index (χ1v) is 13.6. The lowest BCUT2D eigenvalue weighted by molar-refractivity contribution is -0.122. The number of piperidine rings is 1. The Balaban J connectivity index is 2.22. The fraction of sp³-hybridized carbons (Fsp3) is 0.615. The molecule has 0 saturated carbocycles. The second-order valence-electron chi connectivity index (χ2n) is 9.70. The third kappa shape index (κ3) is 5.41. The number of pyridine rings is 1. The number of hydrogen-bond acceptors (Lipinski definition) is 6. The second-order valence-corrected chi connectivity index (χ2v) is 11.4. The molecule has 1 aromatic heterocycles. The number of anilines is 1. The van der Waals surface area contributed by atoms with Crippen molar-refractivity contribution in [3.8, 4) is 6.07 Å². The van der Waals surface area contributed by atoms with Crippen molar-refractivity contribution in [1.29, 1.82) is 5.26 Å². The lowest BCUT2D eigenvalue weighted by Crippen LogP contribution is -2.43. The number of nitrogens with zero attached hydrogens (tertiary/aromatic N) is 4. The smallest absolute Gasteiger partial charge is 0.270 e. The minimum atomic E-state index is -0.234. The van der Waals surface area contributed by atoms with Crippen LogP contribution in [0.4, 0.5) is 5.82 Å². The Hall–Kier alpha value is -2.11. The Morgan fingerprint density at radius 2 is 1.74 bits per heavy atom. The fourth-order valence-corrected chi connectivity index (χ4v) is 6.27. The molecule has 8 heteroatoms. The summed E-state index contributed by atoms with van der Waals surface area (Å²) in [6.07, 6.45) is 6.70. The largest absolute Gasteiger partial charge is 0.357 e. The molecule has 2 saturated heterocycles. The Labute approximate surface area is 213 Å². The van der Waals surface area contributed by atoms with Crippen molar-refractivity contribution < 1.29 is 4.79 Å². The van der Waals surface area contributed by atoms with E-state index >= 15 is 0 Å². The van der Waals surface area contributed by atoms with Gasteiger partial charge < -0.3 is 4.90 Å². The van der Waals surface area contributed by atoms with Crippen molar-refractivity contribution in [1.82, 2.24) is 9.47 Å². The third-order valence-corrected chi connectivity index (χ3v) is 8.01. The lowest BCUT2D eigenvalue weighted by Gasteiger charge is -2.39. The predicted molar refractivity (Wildman–Crippen MR) is 145 cm³/mol. The van der Waals surface area contributed by atoms with E-state index in [1.165, 1.54) is 11.8 Å². The molecule has 3 rings (SSSR count). The molecule has 0 aromatic carbocycles. The average molecular weight is 501 g/mol. The molecule has 0 bridgehead atoms. The van der Waals surface area contributed by atoms with E-state index in [1.54, 1.807) is 9.47 Å². The molecule has 2 aliphatic rings. The van der Waals surface area contributed by atoms with Gasteiger partial charge >= 0.3 is 0 Å². The highest BCUT2D eigenvalue weighted by Crippen LogP contribution is 2.37. The molecule has 2 aliphatic heterocycles. The van der Waals surface area contributed by atoms with Crippen LogP contribution in [0.25, 0.3) is 6.08 Å². The number of carbonyl (C=O) groups excluding carboxylic acids is 1. The van der Waals surface area contributed by atoms with Gasteiger partial charge in [0.25, 0.3) is 11.5 Å². The van der Waals surface area contributed by atoms with Gasteiger partial charge in [-0.05, 0) is 49.7 Å². The summed E-state index contributed by atoms with van der Waals surface area (Å²) in [4.78, 5) is 31.2. The molecular formula is C26H36N4O2S2. The zero-order valence-electron chi connectivity index (χ0n) is 21.0. The molecule has 0 spiro atoms. The Morgan fingerprint density at radius 1 is 1.12 bits per heavy atom. The second kappa shape index (κ2) is 11.5. The van der Waals surface area contributed by atoms with E-state index in [9.17, 15) is 14.9 Å². The van der Waals surface area contributed by atoms with Crippen LogP contribution >= 0.6 is 24.0 Å². The summed E-state index contributed by atoms with van der Waals surface area (Å²) in [5.74, 6) is 1.75. The predicted octanol–water partition coefficient (Wildman–Crippen LogP) is 5.31. The molecule has 34 heavy (non-hydrogen) atoms. The first-order valence-electron chi connectivity index (χ1n) is 12.4. The van der Waals surface area contributed by atoms with Gasteiger partial charge in [0.1, 0.15) is 21.8 Å². The van der Waals surface area contributed by atoms with Gasteiger partial charge in [0.05, 0.1) is 4.91 Å². The van der Waals surface area contributed by atoms with E-state index in [0.29, 0.717) is 39.7 Å². The van der Waals surface area contributed by atoms with Gasteiger partial charge in [0, 0.05) is 31.7 Å². The highest BCUT2D eigenvalue weighted by atomic mass is 32.2. The number of aromatic nitrogens is 1. The van der Waals surface area contributed by atoms with Crippen LogP contribution in [-0.4, -0.2) is 39.3 Å². The van der Waals surface area contributed by atoms with Crippen molar-refractivity contribution in [3.63, 3.8) is 0 Å². The third-order valence-electron chi connectivity index (χ3n) is 6.63. The molecule has 2 atom stereocenters. The summed E-state index contributed by atoms with van der Waals surface area (Å²) >= 11 is 6.82. The quantitative estimate of drug-likeness (QED) is 0.356. The molecule has 184 valence electrons. The highest BCUT2D eigenvalue weighted by molar-refractivity contribution is 8.26. The van der Waals surface area contributed by atoms with Crippen molar-refractivity contribution in [2.45, 2.75) is 73.3 Å². The summed E-state index contributed by atoms with van der Waals surface area (Å²) in [7, 11) is 0. The van der Waals surface area contributed by atoms with Gasteiger partial charge in [-0.2, -0.15) is 5.26 Å².